The van der Waals surface area contributed by atoms with Crippen molar-refractivity contribution in [3.8, 4) is 0 Å². The maximum Gasteiger partial charge on any atom is 0.0697 e. The summed E-state index contributed by atoms with van der Waals surface area (Å²) in [6.45, 7) is 0. The van der Waals surface area contributed by atoms with Crippen molar-refractivity contribution in [3.63, 3.8) is 0 Å². The van der Waals surface area contributed by atoms with Gasteiger partial charge < -0.3 is 0 Å². The van der Waals surface area contributed by atoms with Gasteiger partial charge in [0.05, 0.1) is 51.4 Å². The Balaban J connectivity index is 3.03. The minimum Gasteiger partial charge on any atom is -0.254 e. The first-order valence-corrected chi connectivity index (χ1v) is 5.59. The Morgan fingerprint density at radius 2 is 1.70 bits per heavy atom. The van der Waals surface area contributed by atoms with Crippen LogP contribution in [0.5, 0.6) is 0 Å². The summed E-state index contributed by atoms with van der Waals surface area (Å²) in [6.07, 6.45) is 0. The van der Waals surface area contributed by atoms with Crippen LogP contribution in [0.25, 0.3) is 0 Å². The lowest BCUT2D eigenvalue weighted by Crippen LogP contribution is -1.91. The molecule has 0 heterocycles. The second kappa shape index (κ2) is 4.29. The van der Waals surface area contributed by atoms with Crippen LogP contribution in [0.2, 0.25) is 0 Å². The minimum absolute atomic E-state index is 1.25. The highest BCUT2D eigenvalue weighted by atomic mass is 127. The van der Waals surface area contributed by atoms with Gasteiger partial charge in [0.15, 0.2) is 0 Å². The highest BCUT2D eigenvalue weighted by Gasteiger charge is 2.00. The van der Waals surface area contributed by atoms with Gasteiger partial charge in [0.2, 0.25) is 0 Å². The van der Waals surface area contributed by atoms with Gasteiger partial charge in [0.1, 0.15) is 0 Å². The van der Waals surface area contributed by atoms with Crippen LogP contribution in [0.15, 0.2) is 24.3 Å². The number of benzene rings is 1. The number of anilines is 1. The third kappa shape index (κ3) is 2.36. The van der Waals surface area contributed by atoms with E-state index in [-0.39, 0.29) is 0 Å². The van der Waals surface area contributed by atoms with Crippen molar-refractivity contribution in [3.05, 3.63) is 27.8 Å². The number of para-hydroxylation sites is 1. The van der Waals surface area contributed by atoms with Crippen molar-refractivity contribution in [2.75, 3.05) is 1.33 Å². The fraction of sp³-hybridized carbons (Fsp3) is 0. The Kier molecular flexibility index (Phi) is 3.99. The first kappa shape index (κ1) is 9.30. The lowest BCUT2D eigenvalue weighted by Gasteiger charge is -2.07. The monoisotopic (exact) mass is 471 g/mol. The summed E-state index contributed by atoms with van der Waals surface area (Å²) in [5.41, 5.74) is 1.25. The molecule has 0 amide bonds. The van der Waals surface area contributed by atoms with Crippen molar-refractivity contribution in [1.82, 2.24) is 0 Å². The first-order chi connectivity index (χ1) is 4.72. The molecule has 4 heteroatoms. The van der Waals surface area contributed by atoms with Crippen LogP contribution in [0.3, 0.4) is 0 Å². The molecule has 0 N–H and O–H groups in total. The Morgan fingerprint density at radius 1 is 1.10 bits per heavy atom. The summed E-state index contributed by atoms with van der Waals surface area (Å²) in [7, 11) is 0. The van der Waals surface area contributed by atoms with E-state index in [0.29, 0.717) is 0 Å². The van der Waals surface area contributed by atoms with Crippen LogP contribution < -0.4 is 1.33 Å². The zero-order chi connectivity index (χ0) is 7.56. The van der Waals surface area contributed by atoms with E-state index >= 15 is 0 Å². The fourth-order valence-electron chi connectivity index (χ4n) is 0.589. The molecule has 0 aromatic heterocycles. The lowest BCUT2D eigenvalue weighted by atomic mass is 10.3. The number of hydrogen-bond donors (Lipinski definition) is 0. The summed E-state index contributed by atoms with van der Waals surface area (Å²) in [6, 6.07) is 8.28. The molecule has 0 unspecified atom stereocenters. The van der Waals surface area contributed by atoms with Gasteiger partial charge in [-0.1, -0.05) is 12.1 Å². The van der Waals surface area contributed by atoms with Gasteiger partial charge in [-0.15, -0.1) is 0 Å². The maximum atomic E-state index is 2.32. The summed E-state index contributed by atoms with van der Waals surface area (Å²) in [5.74, 6) is 0. The molecule has 0 saturated heterocycles. The second-order valence-corrected chi connectivity index (χ2v) is 6.62. The van der Waals surface area contributed by atoms with E-state index in [1.165, 1.54) is 9.26 Å². The number of rotatable bonds is 1. The van der Waals surface area contributed by atoms with E-state index in [1.54, 1.807) is 0 Å². The molecular formula is C6H4I3N. The van der Waals surface area contributed by atoms with Crippen molar-refractivity contribution in [1.29, 1.82) is 0 Å². The predicted molar refractivity (Wildman–Crippen MR) is 69.7 cm³/mol. The molecule has 0 aliphatic carbocycles. The molecule has 1 nitrogen and oxygen atoms in total. The highest BCUT2D eigenvalue weighted by Crippen LogP contribution is 2.27. The van der Waals surface area contributed by atoms with E-state index in [2.05, 4.69) is 81.8 Å². The van der Waals surface area contributed by atoms with Gasteiger partial charge in [0.25, 0.3) is 0 Å². The van der Waals surface area contributed by atoms with Gasteiger partial charge in [-0.3, -0.25) is 1.33 Å². The Morgan fingerprint density at radius 3 is 2.10 bits per heavy atom. The minimum atomic E-state index is 1.25. The third-order valence-corrected chi connectivity index (χ3v) is 2.99. The van der Waals surface area contributed by atoms with E-state index in [9.17, 15) is 0 Å². The zero-order valence-electron chi connectivity index (χ0n) is 4.89. The van der Waals surface area contributed by atoms with Gasteiger partial charge in [-0.05, 0) is 34.7 Å². The standard InChI is InChI=1S/C6H4I3N/c7-5-3-1-2-4-6(5)10(8)9/h1-4H. The van der Waals surface area contributed by atoms with Crippen LogP contribution in [0, 0.1) is 3.57 Å². The molecule has 0 radical (unpaired) electrons. The molecule has 0 bridgehead atoms. The average molecular weight is 471 g/mol. The molecule has 1 aromatic carbocycles. The Bertz CT molecular complexity index is 224. The number of halogens is 3. The third-order valence-electron chi connectivity index (χ3n) is 1.03. The molecular weight excluding hydrogens is 467 g/mol. The zero-order valence-corrected chi connectivity index (χ0v) is 11.4. The molecule has 1 aromatic rings. The Labute approximate surface area is 102 Å². The maximum absolute atomic E-state index is 2.32. The molecule has 1 rings (SSSR count). The molecule has 0 aliphatic heterocycles. The quantitative estimate of drug-likeness (QED) is 0.446. The normalized spacial score (nSPS) is 9.50. The molecule has 0 fully saturated rings. The molecule has 10 heavy (non-hydrogen) atoms. The van der Waals surface area contributed by atoms with E-state index in [1.807, 2.05) is 12.1 Å². The second-order valence-electron chi connectivity index (χ2n) is 1.68. The highest BCUT2D eigenvalue weighted by molar-refractivity contribution is 14.2. The average Bonchev–Trinajstić information content (AvgIpc) is 1.88. The van der Waals surface area contributed by atoms with Crippen LogP contribution in [-0.2, 0) is 0 Å². The fourth-order valence-corrected chi connectivity index (χ4v) is 2.98. The van der Waals surface area contributed by atoms with Crippen molar-refractivity contribution < 1.29 is 0 Å². The van der Waals surface area contributed by atoms with E-state index < -0.39 is 0 Å². The van der Waals surface area contributed by atoms with Crippen molar-refractivity contribution >= 4 is 74.0 Å². The first-order valence-electron chi connectivity index (χ1n) is 2.58. The molecule has 0 saturated carbocycles. The Hall–Kier alpha value is 1.21. The number of nitrogens with zero attached hydrogens (tertiary/aromatic N) is 1. The molecule has 0 atom stereocenters. The van der Waals surface area contributed by atoms with E-state index in [0.717, 1.165) is 0 Å². The summed E-state index contributed by atoms with van der Waals surface area (Å²) in [5, 5.41) is 0. The van der Waals surface area contributed by atoms with Crippen molar-refractivity contribution in [2.45, 2.75) is 0 Å². The topological polar surface area (TPSA) is 3.24 Å². The van der Waals surface area contributed by atoms with Crippen LogP contribution in [0.4, 0.5) is 5.69 Å². The van der Waals surface area contributed by atoms with Crippen LogP contribution >= 0.6 is 68.3 Å². The van der Waals surface area contributed by atoms with Gasteiger partial charge in [-0.2, -0.15) is 0 Å². The van der Waals surface area contributed by atoms with Crippen LogP contribution in [0.1, 0.15) is 0 Å². The largest absolute Gasteiger partial charge is 0.254 e. The molecule has 54 valence electrons. The lowest BCUT2D eigenvalue weighted by molar-refractivity contribution is 1.61. The van der Waals surface area contributed by atoms with Gasteiger partial charge in [0, 0.05) is 3.57 Å². The predicted octanol–water partition coefficient (Wildman–Crippen LogP) is 3.80. The molecule has 0 aliphatic rings. The van der Waals surface area contributed by atoms with E-state index in [4.69, 9.17) is 0 Å². The van der Waals surface area contributed by atoms with Gasteiger partial charge >= 0.3 is 0 Å². The summed E-state index contributed by atoms with van der Waals surface area (Å²) < 4.78 is 3.33. The summed E-state index contributed by atoms with van der Waals surface area (Å²) in [4.78, 5) is 0. The molecule has 0 spiro atoms. The van der Waals surface area contributed by atoms with Crippen molar-refractivity contribution in [2.24, 2.45) is 0 Å². The summed E-state index contributed by atoms with van der Waals surface area (Å²) >= 11 is 6.82. The number of hydrogen-bond acceptors (Lipinski definition) is 1. The SMILES string of the molecule is Ic1ccccc1N(I)I. The van der Waals surface area contributed by atoms with Crippen LogP contribution in [-0.4, -0.2) is 0 Å². The smallest absolute Gasteiger partial charge is 0.0697 e. The van der Waals surface area contributed by atoms with Gasteiger partial charge in [-0.25, -0.2) is 0 Å².